The first-order chi connectivity index (χ1) is 14.5. The van der Waals surface area contributed by atoms with E-state index >= 15 is 0 Å². The van der Waals surface area contributed by atoms with E-state index in [4.69, 9.17) is 0 Å². The first kappa shape index (κ1) is 20.0. The molecule has 3 aromatic carbocycles. The predicted molar refractivity (Wildman–Crippen MR) is 123 cm³/mol. The van der Waals surface area contributed by atoms with Crippen molar-refractivity contribution in [1.82, 2.24) is 10.2 Å². The number of carbonyl (C=O) groups is 1. The van der Waals surface area contributed by atoms with E-state index in [-0.39, 0.29) is 5.91 Å². The van der Waals surface area contributed by atoms with Crippen LogP contribution in [0.5, 0.6) is 0 Å². The highest BCUT2D eigenvalue weighted by Crippen LogP contribution is 2.32. The smallest absolute Gasteiger partial charge is 0.257 e. The van der Waals surface area contributed by atoms with Crippen molar-refractivity contribution in [2.45, 2.75) is 27.2 Å². The number of aromatic nitrogens is 2. The van der Waals surface area contributed by atoms with Crippen molar-refractivity contribution in [2.75, 3.05) is 5.32 Å². The molecule has 0 saturated carbocycles. The lowest BCUT2D eigenvalue weighted by Crippen LogP contribution is -2.11. The molecule has 1 amide bonds. The minimum absolute atomic E-state index is 0.179. The Bertz CT molecular complexity index is 1160. The molecule has 4 aromatic rings. The molecule has 30 heavy (non-hydrogen) atoms. The number of rotatable bonds is 5. The molecule has 5 heteroatoms. The van der Waals surface area contributed by atoms with E-state index in [2.05, 4.69) is 60.6 Å². The molecule has 150 valence electrons. The maximum atomic E-state index is 12.6. The topological polar surface area (TPSA) is 54.9 Å². The summed E-state index contributed by atoms with van der Waals surface area (Å²) in [6.07, 6.45) is 0.845. The molecule has 0 fully saturated rings. The molecule has 4 nitrogen and oxygen atoms in total. The lowest BCUT2D eigenvalue weighted by Gasteiger charge is -2.07. The fraction of sp³-hybridized carbons (Fsp3) is 0.160. The first-order valence-electron chi connectivity index (χ1n) is 9.85. The van der Waals surface area contributed by atoms with Crippen LogP contribution in [0.25, 0.3) is 10.6 Å². The molecule has 0 saturated heterocycles. The minimum atomic E-state index is -0.179. The number of amides is 1. The molecular formula is C25H23N3OS. The normalized spacial score (nSPS) is 10.8. The zero-order chi connectivity index (χ0) is 21.1. The van der Waals surface area contributed by atoms with Crippen LogP contribution in [0.15, 0.2) is 66.7 Å². The monoisotopic (exact) mass is 413 g/mol. The summed E-state index contributed by atoms with van der Waals surface area (Å²) in [7, 11) is 0. The Morgan fingerprint density at radius 1 is 0.867 bits per heavy atom. The highest BCUT2D eigenvalue weighted by Gasteiger charge is 2.14. The van der Waals surface area contributed by atoms with Crippen LogP contribution in [-0.2, 0) is 6.42 Å². The highest BCUT2D eigenvalue weighted by molar-refractivity contribution is 7.18. The maximum absolute atomic E-state index is 12.6. The molecular weight excluding hydrogens is 390 g/mol. The van der Waals surface area contributed by atoms with Gasteiger partial charge in [-0.05, 0) is 61.6 Å². The quantitative estimate of drug-likeness (QED) is 0.438. The number of carbonyl (C=O) groups excluding carboxylic acids is 1. The summed E-state index contributed by atoms with van der Waals surface area (Å²) in [5.41, 5.74) is 7.66. The van der Waals surface area contributed by atoms with Crippen molar-refractivity contribution in [3.05, 3.63) is 100 Å². The summed E-state index contributed by atoms with van der Waals surface area (Å²) < 4.78 is 0. The van der Waals surface area contributed by atoms with Crippen molar-refractivity contribution in [1.29, 1.82) is 0 Å². The second kappa shape index (κ2) is 8.59. The van der Waals surface area contributed by atoms with Crippen molar-refractivity contribution < 1.29 is 4.79 Å². The van der Waals surface area contributed by atoms with Crippen molar-refractivity contribution in [2.24, 2.45) is 0 Å². The molecule has 0 aliphatic carbocycles. The lowest BCUT2D eigenvalue weighted by atomic mass is 10.0. The zero-order valence-electron chi connectivity index (χ0n) is 17.3. The molecule has 0 aliphatic heterocycles. The van der Waals surface area contributed by atoms with E-state index in [0.717, 1.165) is 28.1 Å². The fourth-order valence-corrected chi connectivity index (χ4v) is 4.58. The molecule has 0 aliphatic rings. The highest BCUT2D eigenvalue weighted by atomic mass is 32.1. The standard InChI is InChI=1S/C25H23N3OS/c1-16-13-17(2)22(18(3)14-16)24-27-28-25(30-24)26-23(29)21-11-9-20(10-12-21)15-19-7-5-4-6-8-19/h4-14H,15H2,1-3H3,(H,26,28,29). The van der Waals surface area contributed by atoms with E-state index in [0.29, 0.717) is 10.7 Å². The molecule has 0 atom stereocenters. The van der Waals surface area contributed by atoms with Crippen molar-refractivity contribution in [3.63, 3.8) is 0 Å². The first-order valence-corrected chi connectivity index (χ1v) is 10.7. The molecule has 4 rings (SSSR count). The fourth-order valence-electron chi connectivity index (χ4n) is 3.67. The third kappa shape index (κ3) is 4.47. The van der Waals surface area contributed by atoms with Gasteiger partial charge in [-0.3, -0.25) is 10.1 Å². The van der Waals surface area contributed by atoms with Crippen molar-refractivity contribution >= 4 is 22.4 Å². The number of benzene rings is 3. The van der Waals surface area contributed by atoms with Crippen LogP contribution in [0.3, 0.4) is 0 Å². The van der Waals surface area contributed by atoms with Gasteiger partial charge < -0.3 is 0 Å². The van der Waals surface area contributed by atoms with Gasteiger partial charge in [-0.2, -0.15) is 0 Å². The van der Waals surface area contributed by atoms with E-state index in [1.165, 1.54) is 28.0 Å². The number of hydrogen-bond donors (Lipinski definition) is 1. The van der Waals surface area contributed by atoms with Crippen LogP contribution in [0, 0.1) is 20.8 Å². The van der Waals surface area contributed by atoms with Crippen LogP contribution in [0.1, 0.15) is 38.2 Å². The second-order valence-corrected chi connectivity index (χ2v) is 8.48. The molecule has 1 aromatic heterocycles. The summed E-state index contributed by atoms with van der Waals surface area (Å²) >= 11 is 1.39. The van der Waals surface area contributed by atoms with Gasteiger partial charge in [0.05, 0.1) is 0 Å². The zero-order valence-corrected chi connectivity index (χ0v) is 18.1. The van der Waals surface area contributed by atoms with Gasteiger partial charge in [0.25, 0.3) is 5.91 Å². The van der Waals surface area contributed by atoms with Crippen molar-refractivity contribution in [3.8, 4) is 10.6 Å². The van der Waals surface area contributed by atoms with Gasteiger partial charge >= 0.3 is 0 Å². The predicted octanol–water partition coefficient (Wildman–Crippen LogP) is 5.97. The lowest BCUT2D eigenvalue weighted by molar-refractivity contribution is 0.102. The summed E-state index contributed by atoms with van der Waals surface area (Å²) in [5.74, 6) is -0.179. The van der Waals surface area contributed by atoms with Gasteiger partial charge in [0.2, 0.25) is 5.13 Å². The number of aryl methyl sites for hydroxylation is 3. The Balaban J connectivity index is 1.46. The average molecular weight is 414 g/mol. The van der Waals surface area contributed by atoms with Crippen LogP contribution in [0.2, 0.25) is 0 Å². The Labute approximate surface area is 180 Å². The van der Waals surface area contributed by atoms with Crippen LogP contribution in [0.4, 0.5) is 5.13 Å². The van der Waals surface area contributed by atoms with E-state index < -0.39 is 0 Å². The Hall–Kier alpha value is -3.31. The third-order valence-corrected chi connectivity index (χ3v) is 5.86. The Morgan fingerprint density at radius 2 is 1.50 bits per heavy atom. The third-order valence-electron chi connectivity index (χ3n) is 5.00. The number of hydrogen-bond acceptors (Lipinski definition) is 4. The summed E-state index contributed by atoms with van der Waals surface area (Å²) in [6.45, 7) is 6.23. The van der Waals surface area contributed by atoms with Gasteiger partial charge in [-0.25, -0.2) is 0 Å². The number of anilines is 1. The van der Waals surface area contributed by atoms with E-state index in [9.17, 15) is 4.79 Å². The number of nitrogens with zero attached hydrogens (tertiary/aromatic N) is 2. The SMILES string of the molecule is Cc1cc(C)c(-c2nnc(NC(=O)c3ccc(Cc4ccccc4)cc3)s2)c(C)c1. The second-order valence-electron chi connectivity index (χ2n) is 7.50. The van der Waals surface area contributed by atoms with Gasteiger partial charge in [0, 0.05) is 11.1 Å². The van der Waals surface area contributed by atoms with Gasteiger partial charge in [-0.1, -0.05) is 71.5 Å². The summed E-state index contributed by atoms with van der Waals surface area (Å²) in [6, 6.07) is 22.2. The average Bonchev–Trinajstić information content (AvgIpc) is 3.16. The van der Waals surface area contributed by atoms with Gasteiger partial charge in [0.15, 0.2) is 0 Å². The Kier molecular flexibility index (Phi) is 5.72. The molecule has 0 spiro atoms. The van der Waals surface area contributed by atoms with Crippen LogP contribution >= 0.6 is 11.3 Å². The molecule has 0 bridgehead atoms. The Morgan fingerprint density at radius 3 is 2.17 bits per heavy atom. The maximum Gasteiger partial charge on any atom is 0.257 e. The largest absolute Gasteiger partial charge is 0.296 e. The molecule has 0 radical (unpaired) electrons. The summed E-state index contributed by atoms with van der Waals surface area (Å²) in [4.78, 5) is 12.6. The molecule has 0 unspecified atom stereocenters. The number of nitrogens with one attached hydrogen (secondary N) is 1. The van der Waals surface area contributed by atoms with E-state index in [1.807, 2.05) is 42.5 Å². The molecule has 1 N–H and O–H groups in total. The van der Waals surface area contributed by atoms with E-state index in [1.54, 1.807) is 0 Å². The van der Waals surface area contributed by atoms with Crippen LogP contribution in [-0.4, -0.2) is 16.1 Å². The summed E-state index contributed by atoms with van der Waals surface area (Å²) in [5, 5.41) is 12.7. The minimum Gasteiger partial charge on any atom is -0.296 e. The van der Waals surface area contributed by atoms with Crippen LogP contribution < -0.4 is 5.32 Å². The van der Waals surface area contributed by atoms with Gasteiger partial charge in [-0.15, -0.1) is 10.2 Å². The molecule has 1 heterocycles. The van der Waals surface area contributed by atoms with Gasteiger partial charge in [0.1, 0.15) is 5.01 Å².